The average molecular weight is 212 g/mol. The minimum atomic E-state index is -0.477. The topological polar surface area (TPSA) is 43.4 Å². The number of hydrogen-bond donors (Lipinski definition) is 0. The maximum atomic E-state index is 11.7. The average Bonchev–Trinajstić information content (AvgIpc) is 2.17. The summed E-state index contributed by atoms with van der Waals surface area (Å²) >= 11 is 0. The molecule has 1 aliphatic heterocycles. The Morgan fingerprint density at radius 3 is 2.20 bits per heavy atom. The summed E-state index contributed by atoms with van der Waals surface area (Å²) in [6.45, 7) is 6.50. The summed E-state index contributed by atoms with van der Waals surface area (Å²) < 4.78 is 5.28. The largest absolute Gasteiger partial charge is 0.381 e. The van der Waals surface area contributed by atoms with Crippen molar-refractivity contribution in [3.05, 3.63) is 0 Å². The van der Waals surface area contributed by atoms with Gasteiger partial charge in [-0.05, 0) is 32.6 Å². The molecule has 1 rings (SSSR count). The van der Waals surface area contributed by atoms with Crippen LogP contribution in [0.3, 0.4) is 0 Å². The first-order valence-corrected chi connectivity index (χ1v) is 5.55. The molecule has 1 fully saturated rings. The van der Waals surface area contributed by atoms with Crippen LogP contribution >= 0.6 is 0 Å². The summed E-state index contributed by atoms with van der Waals surface area (Å²) in [5, 5.41) is 0. The highest BCUT2D eigenvalue weighted by atomic mass is 16.5. The summed E-state index contributed by atoms with van der Waals surface area (Å²) in [6, 6.07) is 0. The highest BCUT2D eigenvalue weighted by molar-refractivity contribution is 5.88. The van der Waals surface area contributed by atoms with Crippen LogP contribution in [0.1, 0.15) is 40.0 Å². The van der Waals surface area contributed by atoms with Crippen molar-refractivity contribution < 1.29 is 14.3 Å². The molecule has 3 heteroatoms. The zero-order valence-electron chi connectivity index (χ0n) is 9.84. The molecule has 0 aromatic heterocycles. The van der Waals surface area contributed by atoms with E-state index in [0.717, 1.165) is 12.8 Å². The van der Waals surface area contributed by atoms with E-state index in [9.17, 15) is 9.59 Å². The molecule has 15 heavy (non-hydrogen) atoms. The number of hydrogen-bond acceptors (Lipinski definition) is 3. The molecule has 0 radical (unpaired) electrons. The predicted octanol–water partition coefficient (Wildman–Crippen LogP) is 1.99. The van der Waals surface area contributed by atoms with Crippen LogP contribution in [0.2, 0.25) is 0 Å². The number of ketones is 2. The lowest BCUT2D eigenvalue weighted by Crippen LogP contribution is -2.39. The van der Waals surface area contributed by atoms with Crippen LogP contribution in [-0.2, 0) is 14.3 Å². The van der Waals surface area contributed by atoms with Gasteiger partial charge in [-0.15, -0.1) is 0 Å². The molecule has 1 saturated heterocycles. The number of rotatable bonds is 4. The van der Waals surface area contributed by atoms with Crippen molar-refractivity contribution in [3.63, 3.8) is 0 Å². The molecule has 1 heterocycles. The van der Waals surface area contributed by atoms with Gasteiger partial charge >= 0.3 is 0 Å². The van der Waals surface area contributed by atoms with Crippen LogP contribution in [0.25, 0.3) is 0 Å². The zero-order valence-corrected chi connectivity index (χ0v) is 9.84. The van der Waals surface area contributed by atoms with Gasteiger partial charge in [-0.3, -0.25) is 9.59 Å². The maximum absolute atomic E-state index is 11.7. The molecule has 0 spiro atoms. The predicted molar refractivity (Wildman–Crippen MR) is 57.6 cm³/mol. The van der Waals surface area contributed by atoms with Crippen molar-refractivity contribution in [2.24, 2.45) is 11.3 Å². The van der Waals surface area contributed by atoms with Crippen molar-refractivity contribution in [3.8, 4) is 0 Å². The van der Waals surface area contributed by atoms with Gasteiger partial charge in [-0.1, -0.05) is 6.92 Å². The van der Waals surface area contributed by atoms with Crippen molar-refractivity contribution in [2.45, 2.75) is 40.0 Å². The summed E-state index contributed by atoms with van der Waals surface area (Å²) in [6.07, 6.45) is 2.15. The Balaban J connectivity index is 2.78. The van der Waals surface area contributed by atoms with Crippen molar-refractivity contribution >= 4 is 11.6 Å². The van der Waals surface area contributed by atoms with Gasteiger partial charge in [0.05, 0.1) is 0 Å². The maximum Gasteiger partial charge on any atom is 0.136 e. The molecule has 86 valence electrons. The van der Waals surface area contributed by atoms with E-state index >= 15 is 0 Å². The van der Waals surface area contributed by atoms with Gasteiger partial charge in [0, 0.05) is 25.0 Å². The third-order valence-electron chi connectivity index (χ3n) is 3.54. The highest BCUT2D eigenvalue weighted by Gasteiger charge is 2.40. The van der Waals surface area contributed by atoms with Crippen LogP contribution < -0.4 is 0 Å². The van der Waals surface area contributed by atoms with Gasteiger partial charge in [0.25, 0.3) is 0 Å². The molecule has 1 unspecified atom stereocenters. The number of ether oxygens (including phenoxy) is 1. The zero-order chi connectivity index (χ0) is 11.5. The van der Waals surface area contributed by atoms with E-state index in [1.165, 1.54) is 0 Å². The highest BCUT2D eigenvalue weighted by Crippen LogP contribution is 2.38. The second-order valence-electron chi connectivity index (χ2n) is 4.74. The Labute approximate surface area is 91.2 Å². The number of carbonyl (C=O) groups excluding carboxylic acids is 2. The van der Waals surface area contributed by atoms with Gasteiger partial charge in [0.2, 0.25) is 0 Å². The molecule has 3 nitrogen and oxygen atoms in total. The third kappa shape index (κ3) is 2.88. The fraction of sp³-hybridized carbons (Fsp3) is 0.833. The van der Waals surface area contributed by atoms with Gasteiger partial charge in [-0.25, -0.2) is 0 Å². The molecule has 0 bridgehead atoms. The lowest BCUT2D eigenvalue weighted by Gasteiger charge is -2.37. The van der Waals surface area contributed by atoms with Gasteiger partial charge in [0.15, 0.2) is 0 Å². The summed E-state index contributed by atoms with van der Waals surface area (Å²) in [5.41, 5.74) is -0.477. The standard InChI is InChI=1S/C12H20O3/c1-9(13)8-12(3,10(2)14)11-4-6-15-7-5-11/h11H,4-8H2,1-3H3. The molecule has 0 amide bonds. The molecule has 0 aromatic rings. The normalized spacial score (nSPS) is 22.1. The smallest absolute Gasteiger partial charge is 0.136 e. The Hall–Kier alpha value is -0.700. The van der Waals surface area contributed by atoms with E-state index in [4.69, 9.17) is 4.74 Å². The second-order valence-corrected chi connectivity index (χ2v) is 4.74. The number of carbonyl (C=O) groups is 2. The quantitative estimate of drug-likeness (QED) is 0.715. The number of Topliss-reactive ketones (excluding diaryl/α,β-unsaturated/α-hetero) is 2. The molecule has 0 aliphatic carbocycles. The van der Waals surface area contributed by atoms with Gasteiger partial charge in [0.1, 0.15) is 11.6 Å². The third-order valence-corrected chi connectivity index (χ3v) is 3.54. The van der Waals surface area contributed by atoms with E-state index in [1.807, 2.05) is 6.92 Å². The van der Waals surface area contributed by atoms with E-state index in [0.29, 0.717) is 25.6 Å². The van der Waals surface area contributed by atoms with E-state index < -0.39 is 5.41 Å². The summed E-state index contributed by atoms with van der Waals surface area (Å²) in [7, 11) is 0. The van der Waals surface area contributed by atoms with Crippen LogP contribution in [0, 0.1) is 11.3 Å². The second kappa shape index (κ2) is 4.88. The van der Waals surface area contributed by atoms with Gasteiger partial charge in [-0.2, -0.15) is 0 Å². The summed E-state index contributed by atoms with van der Waals surface area (Å²) in [4.78, 5) is 22.9. The Morgan fingerprint density at radius 2 is 1.80 bits per heavy atom. The fourth-order valence-corrected chi connectivity index (χ4v) is 2.41. The van der Waals surface area contributed by atoms with Crippen molar-refractivity contribution in [2.75, 3.05) is 13.2 Å². The van der Waals surface area contributed by atoms with Crippen molar-refractivity contribution in [1.82, 2.24) is 0 Å². The molecular formula is C12H20O3. The first-order chi connectivity index (χ1) is 6.97. The first kappa shape index (κ1) is 12.4. The van der Waals surface area contributed by atoms with Crippen LogP contribution in [0.5, 0.6) is 0 Å². The molecule has 0 aromatic carbocycles. The Morgan fingerprint density at radius 1 is 1.27 bits per heavy atom. The van der Waals surface area contributed by atoms with E-state index in [-0.39, 0.29) is 11.6 Å². The molecular weight excluding hydrogens is 192 g/mol. The lowest BCUT2D eigenvalue weighted by molar-refractivity contribution is -0.136. The molecule has 1 atom stereocenters. The minimum Gasteiger partial charge on any atom is -0.381 e. The molecule has 0 N–H and O–H groups in total. The van der Waals surface area contributed by atoms with Crippen LogP contribution in [-0.4, -0.2) is 24.8 Å². The van der Waals surface area contributed by atoms with E-state index in [2.05, 4.69) is 0 Å². The van der Waals surface area contributed by atoms with Gasteiger partial charge < -0.3 is 4.74 Å². The Bertz CT molecular complexity index is 254. The van der Waals surface area contributed by atoms with Crippen LogP contribution in [0.4, 0.5) is 0 Å². The first-order valence-electron chi connectivity index (χ1n) is 5.55. The minimum absolute atomic E-state index is 0.0965. The monoisotopic (exact) mass is 212 g/mol. The fourth-order valence-electron chi connectivity index (χ4n) is 2.41. The Kier molecular flexibility index (Phi) is 4.03. The SMILES string of the molecule is CC(=O)CC(C)(C(C)=O)C1CCOCC1. The molecule has 0 saturated carbocycles. The summed E-state index contributed by atoms with van der Waals surface area (Å²) in [5.74, 6) is 0.524. The van der Waals surface area contributed by atoms with Crippen molar-refractivity contribution in [1.29, 1.82) is 0 Å². The molecule has 1 aliphatic rings. The van der Waals surface area contributed by atoms with E-state index in [1.54, 1.807) is 13.8 Å². The van der Waals surface area contributed by atoms with Crippen LogP contribution in [0.15, 0.2) is 0 Å². The lowest BCUT2D eigenvalue weighted by atomic mass is 9.68.